The summed E-state index contributed by atoms with van der Waals surface area (Å²) in [7, 11) is 2.20. The topological polar surface area (TPSA) is 15.3 Å². The minimum atomic E-state index is 0.565. The van der Waals surface area contributed by atoms with Crippen molar-refractivity contribution in [3.8, 4) is 0 Å². The zero-order valence-electron chi connectivity index (χ0n) is 13.3. The summed E-state index contributed by atoms with van der Waals surface area (Å²) in [6.45, 7) is 9.78. The van der Waals surface area contributed by atoms with Gasteiger partial charge in [-0.1, -0.05) is 57.0 Å². The molecule has 3 heteroatoms. The first-order chi connectivity index (χ1) is 9.54. The summed E-state index contributed by atoms with van der Waals surface area (Å²) in [5, 5.41) is 4.44. The third-order valence-corrected chi connectivity index (χ3v) is 3.92. The van der Waals surface area contributed by atoms with Gasteiger partial charge in [-0.3, -0.25) is 4.90 Å². The van der Waals surface area contributed by atoms with Gasteiger partial charge in [0.2, 0.25) is 0 Å². The lowest BCUT2D eigenvalue weighted by Crippen LogP contribution is -2.40. The standard InChI is InChI=1S/C17H29ClN2/c1-5-8-16(12-19-11-14(2)3)20(4)13-15-9-6-7-10-17(15)18/h6-7,9-10,14,16,19H,5,8,11-13H2,1-4H3. The van der Waals surface area contributed by atoms with Crippen molar-refractivity contribution in [1.29, 1.82) is 0 Å². The third-order valence-electron chi connectivity index (χ3n) is 3.56. The molecule has 0 aromatic heterocycles. The number of hydrogen-bond acceptors (Lipinski definition) is 2. The molecule has 0 heterocycles. The molecule has 1 unspecified atom stereocenters. The van der Waals surface area contributed by atoms with E-state index in [1.54, 1.807) is 0 Å². The van der Waals surface area contributed by atoms with Crippen LogP contribution in [0, 0.1) is 5.92 Å². The fraction of sp³-hybridized carbons (Fsp3) is 0.647. The molecule has 1 aromatic rings. The van der Waals surface area contributed by atoms with Crippen molar-refractivity contribution in [2.24, 2.45) is 5.92 Å². The van der Waals surface area contributed by atoms with Crippen LogP contribution >= 0.6 is 11.6 Å². The average Bonchev–Trinajstić information content (AvgIpc) is 2.40. The zero-order chi connectivity index (χ0) is 15.0. The molecule has 1 N–H and O–H groups in total. The normalized spacial score (nSPS) is 13.2. The molecule has 114 valence electrons. The Bertz CT molecular complexity index is 379. The van der Waals surface area contributed by atoms with Gasteiger partial charge in [0, 0.05) is 24.2 Å². The number of rotatable bonds is 9. The van der Waals surface area contributed by atoms with Crippen LogP contribution < -0.4 is 5.32 Å². The monoisotopic (exact) mass is 296 g/mol. The van der Waals surface area contributed by atoms with E-state index in [0.717, 1.165) is 24.7 Å². The Balaban J connectivity index is 2.55. The summed E-state index contributed by atoms with van der Waals surface area (Å²) in [5.74, 6) is 0.700. The van der Waals surface area contributed by atoms with Crippen LogP contribution in [0.25, 0.3) is 0 Å². The minimum Gasteiger partial charge on any atom is -0.315 e. The van der Waals surface area contributed by atoms with Gasteiger partial charge in [-0.05, 0) is 37.6 Å². The molecule has 0 amide bonds. The van der Waals surface area contributed by atoms with E-state index in [4.69, 9.17) is 11.6 Å². The first-order valence-corrected chi connectivity index (χ1v) is 8.06. The van der Waals surface area contributed by atoms with Gasteiger partial charge in [-0.2, -0.15) is 0 Å². The Labute approximate surface area is 129 Å². The lowest BCUT2D eigenvalue weighted by Gasteiger charge is -2.29. The molecule has 0 bridgehead atoms. The Morgan fingerprint density at radius 2 is 1.90 bits per heavy atom. The molecule has 1 rings (SSSR count). The van der Waals surface area contributed by atoms with Crippen LogP contribution in [0.5, 0.6) is 0 Å². The van der Waals surface area contributed by atoms with Gasteiger partial charge in [0.25, 0.3) is 0 Å². The second-order valence-corrected chi connectivity index (χ2v) is 6.41. The second-order valence-electron chi connectivity index (χ2n) is 6.00. The highest BCUT2D eigenvalue weighted by molar-refractivity contribution is 6.31. The van der Waals surface area contributed by atoms with E-state index in [2.05, 4.69) is 50.2 Å². The molecule has 1 aromatic carbocycles. The molecule has 0 radical (unpaired) electrons. The van der Waals surface area contributed by atoms with E-state index >= 15 is 0 Å². The summed E-state index contributed by atoms with van der Waals surface area (Å²) in [6.07, 6.45) is 2.42. The van der Waals surface area contributed by atoms with Gasteiger partial charge >= 0.3 is 0 Å². The molecule has 0 saturated carbocycles. The van der Waals surface area contributed by atoms with Crippen LogP contribution in [0.2, 0.25) is 5.02 Å². The Hall–Kier alpha value is -0.570. The van der Waals surface area contributed by atoms with Gasteiger partial charge in [0.1, 0.15) is 0 Å². The van der Waals surface area contributed by atoms with E-state index in [0.29, 0.717) is 12.0 Å². The van der Waals surface area contributed by atoms with Gasteiger partial charge in [0.15, 0.2) is 0 Å². The summed E-state index contributed by atoms with van der Waals surface area (Å²) in [4.78, 5) is 2.41. The number of nitrogens with zero attached hydrogens (tertiary/aromatic N) is 1. The molecule has 1 atom stereocenters. The maximum absolute atomic E-state index is 6.25. The maximum atomic E-state index is 6.25. The van der Waals surface area contributed by atoms with Crippen molar-refractivity contribution in [2.45, 2.75) is 46.2 Å². The summed E-state index contributed by atoms with van der Waals surface area (Å²) in [6, 6.07) is 8.69. The van der Waals surface area contributed by atoms with E-state index in [-0.39, 0.29) is 0 Å². The Morgan fingerprint density at radius 1 is 1.20 bits per heavy atom. The zero-order valence-corrected chi connectivity index (χ0v) is 14.1. The van der Waals surface area contributed by atoms with Crippen molar-refractivity contribution in [2.75, 3.05) is 20.1 Å². The highest BCUT2D eigenvalue weighted by atomic mass is 35.5. The smallest absolute Gasteiger partial charge is 0.0451 e. The second kappa shape index (κ2) is 9.38. The maximum Gasteiger partial charge on any atom is 0.0451 e. The fourth-order valence-corrected chi connectivity index (χ4v) is 2.57. The largest absolute Gasteiger partial charge is 0.315 e. The molecule has 0 aliphatic rings. The van der Waals surface area contributed by atoms with Crippen LogP contribution in [-0.4, -0.2) is 31.1 Å². The number of hydrogen-bond donors (Lipinski definition) is 1. The SMILES string of the molecule is CCCC(CNCC(C)C)N(C)Cc1ccccc1Cl. The Kier molecular flexibility index (Phi) is 8.20. The number of benzene rings is 1. The predicted octanol–water partition coefficient (Wildman–Crippen LogP) is 4.19. The Morgan fingerprint density at radius 3 is 2.50 bits per heavy atom. The van der Waals surface area contributed by atoms with Crippen molar-refractivity contribution in [1.82, 2.24) is 10.2 Å². The molecule has 0 aliphatic carbocycles. The van der Waals surface area contributed by atoms with Crippen LogP contribution in [0.1, 0.15) is 39.2 Å². The van der Waals surface area contributed by atoms with Crippen molar-refractivity contribution >= 4 is 11.6 Å². The van der Waals surface area contributed by atoms with Crippen molar-refractivity contribution < 1.29 is 0 Å². The predicted molar refractivity (Wildman–Crippen MR) is 89.3 cm³/mol. The van der Waals surface area contributed by atoms with Gasteiger partial charge in [-0.15, -0.1) is 0 Å². The van der Waals surface area contributed by atoms with E-state index in [1.807, 2.05) is 12.1 Å². The average molecular weight is 297 g/mol. The minimum absolute atomic E-state index is 0.565. The molecular weight excluding hydrogens is 268 g/mol. The summed E-state index contributed by atoms with van der Waals surface area (Å²) in [5.41, 5.74) is 1.21. The lowest BCUT2D eigenvalue weighted by atomic mass is 10.1. The lowest BCUT2D eigenvalue weighted by molar-refractivity contribution is 0.213. The first kappa shape index (κ1) is 17.5. The molecule has 2 nitrogen and oxygen atoms in total. The summed E-state index contributed by atoms with van der Waals surface area (Å²) < 4.78 is 0. The van der Waals surface area contributed by atoms with Crippen LogP contribution in [0.4, 0.5) is 0 Å². The number of likely N-dealkylation sites (N-methyl/N-ethyl adjacent to an activating group) is 1. The fourth-order valence-electron chi connectivity index (χ4n) is 2.37. The van der Waals surface area contributed by atoms with Crippen LogP contribution in [-0.2, 0) is 6.54 Å². The van der Waals surface area contributed by atoms with Gasteiger partial charge in [-0.25, -0.2) is 0 Å². The molecule has 0 spiro atoms. The first-order valence-electron chi connectivity index (χ1n) is 7.69. The van der Waals surface area contributed by atoms with Gasteiger partial charge < -0.3 is 5.32 Å². The molecular formula is C17H29ClN2. The highest BCUT2D eigenvalue weighted by Crippen LogP contribution is 2.18. The van der Waals surface area contributed by atoms with Crippen molar-refractivity contribution in [3.05, 3.63) is 34.9 Å². The molecule has 20 heavy (non-hydrogen) atoms. The summed E-state index contributed by atoms with van der Waals surface area (Å²) >= 11 is 6.25. The number of halogens is 1. The number of nitrogens with one attached hydrogen (secondary N) is 1. The van der Waals surface area contributed by atoms with Crippen LogP contribution in [0.15, 0.2) is 24.3 Å². The van der Waals surface area contributed by atoms with E-state index in [1.165, 1.54) is 18.4 Å². The quantitative estimate of drug-likeness (QED) is 0.735. The van der Waals surface area contributed by atoms with Gasteiger partial charge in [0.05, 0.1) is 0 Å². The molecule has 0 fully saturated rings. The third kappa shape index (κ3) is 6.25. The van der Waals surface area contributed by atoms with E-state index in [9.17, 15) is 0 Å². The molecule has 0 saturated heterocycles. The van der Waals surface area contributed by atoms with E-state index < -0.39 is 0 Å². The van der Waals surface area contributed by atoms with Crippen molar-refractivity contribution in [3.63, 3.8) is 0 Å². The molecule has 0 aliphatic heterocycles. The highest BCUT2D eigenvalue weighted by Gasteiger charge is 2.15. The van der Waals surface area contributed by atoms with Crippen LogP contribution in [0.3, 0.4) is 0 Å².